The second-order valence-electron chi connectivity index (χ2n) is 4.11. The molecular formula is C15H12Cl2N2O. The molecule has 0 fully saturated rings. The molecule has 0 unspecified atom stereocenters. The lowest BCUT2D eigenvalue weighted by Gasteiger charge is -2.05. The lowest BCUT2D eigenvalue weighted by molar-refractivity contribution is -0.111. The van der Waals surface area contributed by atoms with E-state index in [9.17, 15) is 4.79 Å². The van der Waals surface area contributed by atoms with Crippen LogP contribution in [0.4, 0.5) is 11.4 Å². The summed E-state index contributed by atoms with van der Waals surface area (Å²) in [5.41, 5.74) is 7.62. The van der Waals surface area contributed by atoms with Gasteiger partial charge in [0.15, 0.2) is 0 Å². The fourth-order valence-corrected chi connectivity index (χ4v) is 1.88. The van der Waals surface area contributed by atoms with Gasteiger partial charge in [-0.05, 0) is 42.0 Å². The van der Waals surface area contributed by atoms with E-state index in [1.807, 2.05) is 12.1 Å². The van der Waals surface area contributed by atoms with Crippen molar-refractivity contribution in [1.29, 1.82) is 0 Å². The second-order valence-corrected chi connectivity index (χ2v) is 4.96. The fourth-order valence-electron chi connectivity index (χ4n) is 1.55. The SMILES string of the molecule is Nc1ccc(/C=C/C(=O)Nc2cc(Cl)ccc2Cl)cc1. The number of rotatable bonds is 3. The summed E-state index contributed by atoms with van der Waals surface area (Å²) in [5, 5.41) is 3.61. The summed E-state index contributed by atoms with van der Waals surface area (Å²) in [6.45, 7) is 0. The van der Waals surface area contributed by atoms with E-state index in [2.05, 4.69) is 5.32 Å². The zero-order valence-corrected chi connectivity index (χ0v) is 11.9. The predicted molar refractivity (Wildman–Crippen MR) is 85.0 cm³/mol. The molecule has 0 aromatic heterocycles. The molecule has 102 valence electrons. The van der Waals surface area contributed by atoms with Gasteiger partial charge in [0.1, 0.15) is 0 Å². The fraction of sp³-hybridized carbons (Fsp3) is 0. The zero-order chi connectivity index (χ0) is 14.5. The van der Waals surface area contributed by atoms with Gasteiger partial charge in [0.05, 0.1) is 10.7 Å². The third-order valence-corrected chi connectivity index (χ3v) is 3.11. The first-order valence-electron chi connectivity index (χ1n) is 5.84. The van der Waals surface area contributed by atoms with Crippen LogP contribution in [0.3, 0.4) is 0 Å². The smallest absolute Gasteiger partial charge is 0.248 e. The van der Waals surface area contributed by atoms with Crippen LogP contribution in [0, 0.1) is 0 Å². The highest BCUT2D eigenvalue weighted by Crippen LogP contribution is 2.25. The van der Waals surface area contributed by atoms with E-state index in [0.29, 0.717) is 21.4 Å². The number of halogens is 2. The van der Waals surface area contributed by atoms with Crippen LogP contribution in [0.25, 0.3) is 6.08 Å². The van der Waals surface area contributed by atoms with Crippen LogP contribution in [0.2, 0.25) is 10.0 Å². The van der Waals surface area contributed by atoms with Crippen molar-refractivity contribution in [3.63, 3.8) is 0 Å². The van der Waals surface area contributed by atoms with Gasteiger partial charge in [-0.2, -0.15) is 0 Å². The predicted octanol–water partition coefficient (Wildman–Crippen LogP) is 4.23. The molecule has 0 aliphatic heterocycles. The highest BCUT2D eigenvalue weighted by Gasteiger charge is 2.03. The maximum Gasteiger partial charge on any atom is 0.248 e. The van der Waals surface area contributed by atoms with E-state index >= 15 is 0 Å². The lowest BCUT2D eigenvalue weighted by atomic mass is 10.2. The van der Waals surface area contributed by atoms with Crippen LogP contribution < -0.4 is 11.1 Å². The van der Waals surface area contributed by atoms with Gasteiger partial charge < -0.3 is 11.1 Å². The minimum absolute atomic E-state index is 0.286. The molecule has 0 saturated heterocycles. The van der Waals surface area contributed by atoms with Crippen LogP contribution in [-0.2, 0) is 4.79 Å². The molecule has 0 bridgehead atoms. The van der Waals surface area contributed by atoms with E-state index in [0.717, 1.165) is 5.56 Å². The zero-order valence-electron chi connectivity index (χ0n) is 10.4. The van der Waals surface area contributed by atoms with Crippen LogP contribution >= 0.6 is 23.2 Å². The number of carbonyl (C=O) groups excluding carboxylic acids is 1. The first-order chi connectivity index (χ1) is 9.54. The van der Waals surface area contributed by atoms with Gasteiger partial charge >= 0.3 is 0 Å². The second kappa shape index (κ2) is 6.46. The molecule has 2 aromatic rings. The molecular weight excluding hydrogens is 295 g/mol. The first-order valence-corrected chi connectivity index (χ1v) is 6.60. The van der Waals surface area contributed by atoms with E-state index in [4.69, 9.17) is 28.9 Å². The van der Waals surface area contributed by atoms with Crippen LogP contribution in [0.1, 0.15) is 5.56 Å². The maximum absolute atomic E-state index is 11.8. The third kappa shape index (κ3) is 4.02. The van der Waals surface area contributed by atoms with Crippen molar-refractivity contribution in [2.45, 2.75) is 0 Å². The highest BCUT2D eigenvalue weighted by atomic mass is 35.5. The lowest BCUT2D eigenvalue weighted by Crippen LogP contribution is -2.08. The Labute approximate surface area is 127 Å². The molecule has 0 heterocycles. The molecule has 0 aliphatic rings. The van der Waals surface area contributed by atoms with Crippen molar-refractivity contribution in [2.24, 2.45) is 0 Å². The van der Waals surface area contributed by atoms with Gasteiger partial charge in [-0.25, -0.2) is 0 Å². The minimum atomic E-state index is -0.286. The van der Waals surface area contributed by atoms with E-state index < -0.39 is 0 Å². The number of hydrogen-bond donors (Lipinski definition) is 2. The van der Waals surface area contributed by atoms with Crippen LogP contribution in [0.15, 0.2) is 48.5 Å². The van der Waals surface area contributed by atoms with Crippen LogP contribution in [-0.4, -0.2) is 5.91 Å². The van der Waals surface area contributed by atoms with Crippen molar-refractivity contribution in [2.75, 3.05) is 11.1 Å². The molecule has 5 heteroatoms. The average Bonchev–Trinajstić information content (AvgIpc) is 2.42. The van der Waals surface area contributed by atoms with Gasteiger partial charge in [0.25, 0.3) is 0 Å². The number of benzene rings is 2. The quantitative estimate of drug-likeness (QED) is 0.658. The maximum atomic E-state index is 11.8. The van der Waals surface area contributed by atoms with E-state index in [1.165, 1.54) is 6.08 Å². The monoisotopic (exact) mass is 306 g/mol. The number of carbonyl (C=O) groups is 1. The van der Waals surface area contributed by atoms with Crippen molar-refractivity contribution < 1.29 is 4.79 Å². The third-order valence-electron chi connectivity index (χ3n) is 2.55. The minimum Gasteiger partial charge on any atom is -0.399 e. The molecule has 0 atom stereocenters. The Morgan fingerprint density at radius 3 is 2.50 bits per heavy atom. The number of hydrogen-bond acceptors (Lipinski definition) is 2. The van der Waals surface area contributed by atoms with Gasteiger partial charge in [-0.1, -0.05) is 35.3 Å². The highest BCUT2D eigenvalue weighted by molar-refractivity contribution is 6.35. The summed E-state index contributed by atoms with van der Waals surface area (Å²) in [6, 6.07) is 12.1. The summed E-state index contributed by atoms with van der Waals surface area (Å²) in [4.78, 5) is 11.8. The number of anilines is 2. The van der Waals surface area contributed by atoms with E-state index in [1.54, 1.807) is 36.4 Å². The van der Waals surface area contributed by atoms with Gasteiger partial charge in [0.2, 0.25) is 5.91 Å². The topological polar surface area (TPSA) is 55.1 Å². The molecule has 0 saturated carbocycles. The standard InChI is InChI=1S/C15H12Cl2N2O/c16-11-4-7-13(17)14(9-11)19-15(20)8-3-10-1-5-12(18)6-2-10/h1-9H,18H2,(H,19,20)/b8-3+. The molecule has 3 N–H and O–H groups in total. The Balaban J connectivity index is 2.05. The summed E-state index contributed by atoms with van der Waals surface area (Å²) >= 11 is 11.8. The first kappa shape index (κ1) is 14.4. The normalized spacial score (nSPS) is 10.7. The summed E-state index contributed by atoms with van der Waals surface area (Å²) in [7, 11) is 0. The van der Waals surface area contributed by atoms with E-state index in [-0.39, 0.29) is 5.91 Å². The Morgan fingerprint density at radius 2 is 1.80 bits per heavy atom. The summed E-state index contributed by atoms with van der Waals surface area (Å²) < 4.78 is 0. The number of amides is 1. The van der Waals surface area contributed by atoms with Gasteiger partial charge in [0, 0.05) is 16.8 Å². The van der Waals surface area contributed by atoms with Gasteiger partial charge in [-0.15, -0.1) is 0 Å². The molecule has 0 aliphatic carbocycles. The molecule has 20 heavy (non-hydrogen) atoms. The number of nitrogen functional groups attached to an aromatic ring is 1. The van der Waals surface area contributed by atoms with Crippen LogP contribution in [0.5, 0.6) is 0 Å². The molecule has 0 spiro atoms. The van der Waals surface area contributed by atoms with Gasteiger partial charge in [-0.3, -0.25) is 4.79 Å². The summed E-state index contributed by atoms with van der Waals surface area (Å²) in [6.07, 6.45) is 3.11. The van der Waals surface area contributed by atoms with Crippen molar-refractivity contribution in [1.82, 2.24) is 0 Å². The van der Waals surface area contributed by atoms with Crippen molar-refractivity contribution in [3.8, 4) is 0 Å². The van der Waals surface area contributed by atoms with Crippen molar-refractivity contribution >= 4 is 46.6 Å². The van der Waals surface area contributed by atoms with Crippen molar-refractivity contribution in [3.05, 3.63) is 64.1 Å². The Bertz CT molecular complexity index is 651. The number of nitrogens with one attached hydrogen (secondary N) is 1. The molecule has 1 amide bonds. The Hall–Kier alpha value is -1.97. The Kier molecular flexibility index (Phi) is 4.66. The average molecular weight is 307 g/mol. The summed E-state index contributed by atoms with van der Waals surface area (Å²) in [5.74, 6) is -0.286. The molecule has 2 aromatic carbocycles. The molecule has 2 rings (SSSR count). The molecule has 0 radical (unpaired) electrons. The molecule has 3 nitrogen and oxygen atoms in total. The largest absolute Gasteiger partial charge is 0.399 e. The Morgan fingerprint density at radius 1 is 1.10 bits per heavy atom. The number of nitrogens with two attached hydrogens (primary N) is 1.